The van der Waals surface area contributed by atoms with E-state index in [1.807, 2.05) is 0 Å². The Morgan fingerprint density at radius 2 is 2.33 bits per heavy atom. The number of rotatable bonds is 0. The number of halogens is 1. The maximum absolute atomic E-state index is 5.57. The number of pyridine rings is 1. The molecule has 1 aromatic rings. The van der Waals surface area contributed by atoms with Crippen molar-refractivity contribution in [3.8, 4) is 0 Å². The third-order valence-corrected chi connectivity index (χ3v) is 1.36. The molecule has 1 aromatic heterocycles. The minimum atomic E-state index is 0.275. The van der Waals surface area contributed by atoms with Crippen LogP contribution in [0.25, 0.3) is 0 Å². The fourth-order valence-electron chi connectivity index (χ4n) is 0.476. The van der Waals surface area contributed by atoms with Gasteiger partial charge in [0.15, 0.2) is 0 Å². The molecule has 0 aliphatic carbocycles. The van der Waals surface area contributed by atoms with Crippen molar-refractivity contribution in [1.82, 2.24) is 4.98 Å². The number of hydrogen-bond donors (Lipinski definition) is 1. The highest BCUT2D eigenvalue weighted by atomic mass is 35.5. The van der Waals surface area contributed by atoms with E-state index in [1.54, 1.807) is 6.07 Å². The first kappa shape index (κ1) is 6.43. The smallest absolute Gasteiger partial charge is 0.141 e. The minimum Gasteiger partial charge on any atom is -0.382 e. The lowest BCUT2D eigenvalue weighted by Crippen LogP contribution is -2.07. The van der Waals surface area contributed by atoms with E-state index in [2.05, 4.69) is 4.98 Å². The van der Waals surface area contributed by atoms with Gasteiger partial charge < -0.3 is 5.73 Å². The summed E-state index contributed by atoms with van der Waals surface area (Å²) in [4.78, 5) is 3.71. The molecule has 0 aliphatic heterocycles. The van der Waals surface area contributed by atoms with Crippen molar-refractivity contribution >= 4 is 30.7 Å². The average molecular weight is 138 g/mol. The van der Waals surface area contributed by atoms with Crippen LogP contribution in [0.2, 0.25) is 5.02 Å². The predicted octanol–water partition coefficient (Wildman–Crippen LogP) is 0.111. The summed E-state index contributed by atoms with van der Waals surface area (Å²) in [6, 6.07) is 1.60. The summed E-state index contributed by atoms with van der Waals surface area (Å²) in [5.74, 6) is 0.275. The topological polar surface area (TPSA) is 38.9 Å². The van der Waals surface area contributed by atoms with Crippen molar-refractivity contribution in [2.24, 2.45) is 0 Å². The molecule has 2 radical (unpaired) electrons. The van der Waals surface area contributed by atoms with E-state index in [9.17, 15) is 0 Å². The first-order valence-electron chi connectivity index (χ1n) is 2.37. The van der Waals surface area contributed by atoms with Gasteiger partial charge in [-0.3, -0.25) is 0 Å². The van der Waals surface area contributed by atoms with E-state index >= 15 is 0 Å². The van der Waals surface area contributed by atoms with Gasteiger partial charge in [-0.25, -0.2) is 4.98 Å². The zero-order chi connectivity index (χ0) is 6.85. The second-order valence-electron chi connectivity index (χ2n) is 1.60. The summed E-state index contributed by atoms with van der Waals surface area (Å²) in [6.45, 7) is 0. The maximum Gasteiger partial charge on any atom is 0.141 e. The van der Waals surface area contributed by atoms with Gasteiger partial charge in [-0.15, -0.1) is 0 Å². The Kier molecular flexibility index (Phi) is 1.62. The third kappa shape index (κ3) is 1.16. The number of nitrogen functional groups attached to an aromatic ring is 1. The van der Waals surface area contributed by atoms with Crippen molar-refractivity contribution in [2.45, 2.75) is 0 Å². The van der Waals surface area contributed by atoms with E-state index in [-0.39, 0.29) is 5.82 Å². The van der Waals surface area contributed by atoms with Crippen LogP contribution in [0.1, 0.15) is 0 Å². The second kappa shape index (κ2) is 2.27. The van der Waals surface area contributed by atoms with Crippen LogP contribution in [0, 0.1) is 0 Å². The van der Waals surface area contributed by atoms with Crippen molar-refractivity contribution in [2.75, 3.05) is 5.73 Å². The summed E-state index contributed by atoms with van der Waals surface area (Å²) in [7, 11) is 5.37. The Morgan fingerprint density at radius 1 is 1.67 bits per heavy atom. The molecule has 44 valence electrons. The van der Waals surface area contributed by atoms with E-state index < -0.39 is 0 Å². The minimum absolute atomic E-state index is 0.275. The van der Waals surface area contributed by atoms with Crippen molar-refractivity contribution < 1.29 is 0 Å². The lowest BCUT2D eigenvalue weighted by atomic mass is 9.98. The first-order chi connectivity index (χ1) is 4.22. The third-order valence-electron chi connectivity index (χ3n) is 0.946. The van der Waals surface area contributed by atoms with Crippen LogP contribution >= 0.6 is 11.6 Å². The molecule has 4 heteroatoms. The molecular weight excluding hydrogens is 134 g/mol. The summed E-state index contributed by atoms with van der Waals surface area (Å²) < 4.78 is 0. The lowest BCUT2D eigenvalue weighted by molar-refractivity contribution is 1.35. The quantitative estimate of drug-likeness (QED) is 0.517. The van der Waals surface area contributed by atoms with Gasteiger partial charge in [-0.05, 0) is 6.07 Å². The van der Waals surface area contributed by atoms with Crippen LogP contribution in [0.3, 0.4) is 0 Å². The molecule has 0 spiro atoms. The van der Waals surface area contributed by atoms with Crippen molar-refractivity contribution in [1.29, 1.82) is 0 Å². The fraction of sp³-hybridized carbons (Fsp3) is 0. The standard InChI is InChI=1S/C5H4BClN2/c6-3-1-2-9-5(8)4(3)7/h1-2H,(H2,8,9). The van der Waals surface area contributed by atoms with Crippen LogP contribution in [0.5, 0.6) is 0 Å². The second-order valence-corrected chi connectivity index (χ2v) is 1.98. The van der Waals surface area contributed by atoms with Crippen LogP contribution in [-0.2, 0) is 0 Å². The highest BCUT2D eigenvalue weighted by molar-refractivity contribution is 6.46. The number of aromatic nitrogens is 1. The SMILES string of the molecule is [B]c1ccnc(N)c1Cl. The Labute approximate surface area is 59.4 Å². The lowest BCUT2D eigenvalue weighted by Gasteiger charge is -1.97. The zero-order valence-electron chi connectivity index (χ0n) is 4.63. The summed E-state index contributed by atoms with van der Waals surface area (Å²) in [6.07, 6.45) is 1.51. The van der Waals surface area contributed by atoms with E-state index in [4.69, 9.17) is 25.2 Å². The molecule has 1 rings (SSSR count). The van der Waals surface area contributed by atoms with E-state index in [0.29, 0.717) is 10.5 Å². The van der Waals surface area contributed by atoms with Gasteiger partial charge in [0.1, 0.15) is 13.7 Å². The van der Waals surface area contributed by atoms with Gasteiger partial charge in [0.05, 0.1) is 5.02 Å². The zero-order valence-corrected chi connectivity index (χ0v) is 5.39. The van der Waals surface area contributed by atoms with E-state index in [0.717, 1.165) is 0 Å². The molecule has 0 bridgehead atoms. The average Bonchev–Trinajstić information content (AvgIpc) is 1.83. The van der Waals surface area contributed by atoms with E-state index in [1.165, 1.54) is 6.20 Å². The number of anilines is 1. The predicted molar refractivity (Wildman–Crippen MR) is 39.0 cm³/mol. The van der Waals surface area contributed by atoms with Crippen LogP contribution in [0.15, 0.2) is 12.3 Å². The molecule has 2 nitrogen and oxygen atoms in total. The molecule has 0 unspecified atom stereocenters. The number of nitrogens with zero attached hydrogens (tertiary/aromatic N) is 1. The summed E-state index contributed by atoms with van der Waals surface area (Å²) >= 11 is 5.57. The maximum atomic E-state index is 5.57. The largest absolute Gasteiger partial charge is 0.382 e. The van der Waals surface area contributed by atoms with Crippen LogP contribution < -0.4 is 11.2 Å². The molecule has 0 saturated carbocycles. The van der Waals surface area contributed by atoms with Crippen molar-refractivity contribution in [3.05, 3.63) is 17.3 Å². The first-order valence-corrected chi connectivity index (χ1v) is 2.75. The Morgan fingerprint density at radius 3 is 2.78 bits per heavy atom. The molecule has 2 N–H and O–H groups in total. The molecule has 0 aromatic carbocycles. The van der Waals surface area contributed by atoms with Crippen molar-refractivity contribution in [3.63, 3.8) is 0 Å². The summed E-state index contributed by atoms with van der Waals surface area (Å²) in [5, 5.41) is 0.331. The van der Waals surface area contributed by atoms with Gasteiger partial charge in [0.25, 0.3) is 0 Å². The Bertz CT molecular complexity index is 206. The molecule has 0 aliphatic rings. The molecular formula is C5H4BClN2. The molecule has 1 heterocycles. The molecule has 0 saturated heterocycles. The number of nitrogens with two attached hydrogens (primary N) is 1. The van der Waals surface area contributed by atoms with Gasteiger partial charge >= 0.3 is 0 Å². The van der Waals surface area contributed by atoms with Crippen LogP contribution in [-0.4, -0.2) is 12.8 Å². The highest BCUT2D eigenvalue weighted by Crippen LogP contribution is 2.09. The number of hydrogen-bond acceptors (Lipinski definition) is 2. The van der Waals surface area contributed by atoms with Gasteiger partial charge in [0, 0.05) is 6.20 Å². The molecule has 0 fully saturated rings. The van der Waals surface area contributed by atoms with Gasteiger partial charge in [0.2, 0.25) is 0 Å². The Hall–Kier alpha value is -0.695. The highest BCUT2D eigenvalue weighted by Gasteiger charge is 1.96. The van der Waals surface area contributed by atoms with Gasteiger partial charge in [-0.1, -0.05) is 17.1 Å². The summed E-state index contributed by atoms with van der Waals surface area (Å²) in [5.41, 5.74) is 5.76. The fourth-order valence-corrected chi connectivity index (χ4v) is 0.587. The Balaban J connectivity index is 3.25. The monoisotopic (exact) mass is 138 g/mol. The normalized spacial score (nSPS) is 9.44. The molecule has 0 atom stereocenters. The molecule has 9 heavy (non-hydrogen) atoms. The van der Waals surface area contributed by atoms with Gasteiger partial charge in [-0.2, -0.15) is 0 Å². The molecule has 0 amide bonds. The van der Waals surface area contributed by atoms with Crippen LogP contribution in [0.4, 0.5) is 5.82 Å².